The van der Waals surface area contributed by atoms with Gasteiger partial charge >= 0.3 is 0 Å². The van der Waals surface area contributed by atoms with Gasteiger partial charge in [0, 0.05) is 17.5 Å². The first kappa shape index (κ1) is 14.7. The minimum absolute atomic E-state index is 0.885. The zero-order valence-corrected chi connectivity index (χ0v) is 13.0. The molecule has 0 aliphatic carbocycles. The van der Waals surface area contributed by atoms with Crippen molar-refractivity contribution in [3.05, 3.63) is 0 Å². The molecule has 3 heteroatoms. The molecule has 0 spiro atoms. The van der Waals surface area contributed by atoms with E-state index in [0.717, 1.165) is 17.1 Å². The summed E-state index contributed by atoms with van der Waals surface area (Å²) in [5, 5.41) is 4.38. The van der Waals surface area contributed by atoms with E-state index in [2.05, 4.69) is 35.8 Å². The Morgan fingerprint density at radius 2 is 1.78 bits per heavy atom. The van der Waals surface area contributed by atoms with Gasteiger partial charge < -0.3 is 10.2 Å². The van der Waals surface area contributed by atoms with Crippen LogP contribution in [0.15, 0.2) is 0 Å². The monoisotopic (exact) mass is 270 g/mol. The predicted molar refractivity (Wildman–Crippen MR) is 82.4 cm³/mol. The van der Waals surface area contributed by atoms with Gasteiger partial charge in [-0.25, -0.2) is 0 Å². The summed E-state index contributed by atoms with van der Waals surface area (Å²) in [6.07, 6.45) is 5.60. The summed E-state index contributed by atoms with van der Waals surface area (Å²) in [7, 11) is 0. The summed E-state index contributed by atoms with van der Waals surface area (Å²) in [6.45, 7) is 11.2. The van der Waals surface area contributed by atoms with Crippen LogP contribution in [0.5, 0.6) is 0 Å². The normalized spacial score (nSPS) is 24.8. The third-order valence-electron chi connectivity index (χ3n) is 4.62. The van der Waals surface area contributed by atoms with E-state index in [4.69, 9.17) is 0 Å². The summed E-state index contributed by atoms with van der Waals surface area (Å²) in [4.78, 5) is 2.69. The SMILES string of the molecule is CC(C)C1CCN(CCSC2CCNCC2)CC1. The fourth-order valence-corrected chi connectivity index (χ4v) is 4.42. The van der Waals surface area contributed by atoms with Gasteiger partial charge in [-0.1, -0.05) is 13.8 Å². The molecule has 0 saturated carbocycles. The topological polar surface area (TPSA) is 15.3 Å². The second-order valence-electron chi connectivity index (χ2n) is 6.24. The zero-order chi connectivity index (χ0) is 12.8. The van der Waals surface area contributed by atoms with E-state index in [0.29, 0.717) is 0 Å². The summed E-state index contributed by atoms with van der Waals surface area (Å²) in [5.41, 5.74) is 0. The van der Waals surface area contributed by atoms with Gasteiger partial charge in [-0.05, 0) is 63.7 Å². The number of thioether (sulfide) groups is 1. The third kappa shape index (κ3) is 4.75. The molecule has 18 heavy (non-hydrogen) atoms. The Bertz CT molecular complexity index is 219. The molecule has 2 heterocycles. The van der Waals surface area contributed by atoms with Crippen molar-refractivity contribution in [1.29, 1.82) is 0 Å². The standard InChI is InChI=1S/C15H30N2S/c1-13(2)14-5-9-17(10-6-14)11-12-18-15-3-7-16-8-4-15/h13-16H,3-12H2,1-2H3. The van der Waals surface area contributed by atoms with Crippen molar-refractivity contribution in [2.75, 3.05) is 38.5 Å². The Hall–Kier alpha value is 0.270. The highest BCUT2D eigenvalue weighted by atomic mass is 32.2. The second-order valence-corrected chi connectivity index (χ2v) is 7.65. The molecule has 0 aromatic rings. The fourth-order valence-electron chi connectivity index (χ4n) is 3.15. The van der Waals surface area contributed by atoms with Crippen LogP contribution in [-0.4, -0.2) is 48.6 Å². The quantitative estimate of drug-likeness (QED) is 0.827. The molecular formula is C15H30N2S. The van der Waals surface area contributed by atoms with E-state index in [1.165, 1.54) is 64.2 Å². The van der Waals surface area contributed by atoms with Crippen LogP contribution in [-0.2, 0) is 0 Å². The van der Waals surface area contributed by atoms with E-state index in [9.17, 15) is 0 Å². The number of hydrogen-bond acceptors (Lipinski definition) is 3. The third-order valence-corrected chi connectivity index (χ3v) is 5.98. The first-order valence-electron chi connectivity index (χ1n) is 7.80. The van der Waals surface area contributed by atoms with E-state index in [-0.39, 0.29) is 0 Å². The molecule has 2 fully saturated rings. The second kappa shape index (κ2) is 7.76. The molecule has 0 radical (unpaired) electrons. The van der Waals surface area contributed by atoms with Crippen molar-refractivity contribution >= 4 is 11.8 Å². The predicted octanol–water partition coefficient (Wildman–Crippen LogP) is 2.84. The maximum absolute atomic E-state index is 3.45. The van der Waals surface area contributed by atoms with Gasteiger partial charge in [0.05, 0.1) is 0 Å². The van der Waals surface area contributed by atoms with Crippen molar-refractivity contribution in [2.24, 2.45) is 11.8 Å². The van der Waals surface area contributed by atoms with Crippen LogP contribution in [0.25, 0.3) is 0 Å². The number of nitrogens with zero attached hydrogens (tertiary/aromatic N) is 1. The average Bonchev–Trinajstić information content (AvgIpc) is 2.40. The summed E-state index contributed by atoms with van der Waals surface area (Å²) in [6, 6.07) is 0. The van der Waals surface area contributed by atoms with Crippen molar-refractivity contribution < 1.29 is 0 Å². The average molecular weight is 270 g/mol. The lowest BCUT2D eigenvalue weighted by molar-refractivity contribution is 0.165. The van der Waals surface area contributed by atoms with E-state index >= 15 is 0 Å². The molecule has 0 bridgehead atoms. The molecule has 0 atom stereocenters. The molecule has 2 aliphatic heterocycles. The van der Waals surface area contributed by atoms with Crippen molar-refractivity contribution in [3.8, 4) is 0 Å². The molecule has 1 N–H and O–H groups in total. The first-order valence-corrected chi connectivity index (χ1v) is 8.85. The van der Waals surface area contributed by atoms with Gasteiger partial charge in [0.15, 0.2) is 0 Å². The van der Waals surface area contributed by atoms with Crippen molar-refractivity contribution in [1.82, 2.24) is 10.2 Å². The van der Waals surface area contributed by atoms with Crippen molar-refractivity contribution in [2.45, 2.75) is 44.8 Å². The summed E-state index contributed by atoms with van der Waals surface area (Å²) in [5.74, 6) is 3.21. The fraction of sp³-hybridized carbons (Fsp3) is 1.00. The molecule has 2 rings (SSSR count). The van der Waals surface area contributed by atoms with Gasteiger partial charge in [0.2, 0.25) is 0 Å². The maximum atomic E-state index is 3.45. The smallest absolute Gasteiger partial charge is 0.00724 e. The van der Waals surface area contributed by atoms with E-state index < -0.39 is 0 Å². The van der Waals surface area contributed by atoms with Gasteiger partial charge in [-0.2, -0.15) is 11.8 Å². The number of nitrogens with one attached hydrogen (secondary N) is 1. The Morgan fingerprint density at radius 1 is 1.11 bits per heavy atom. The summed E-state index contributed by atoms with van der Waals surface area (Å²) < 4.78 is 0. The molecule has 0 aromatic heterocycles. The largest absolute Gasteiger partial charge is 0.317 e. The number of hydrogen-bond donors (Lipinski definition) is 1. The Balaban J connectivity index is 1.55. The molecular weight excluding hydrogens is 240 g/mol. The highest BCUT2D eigenvalue weighted by molar-refractivity contribution is 7.99. The molecule has 106 valence electrons. The highest BCUT2D eigenvalue weighted by Gasteiger charge is 2.21. The van der Waals surface area contributed by atoms with E-state index in [1.807, 2.05) is 0 Å². The van der Waals surface area contributed by atoms with E-state index in [1.54, 1.807) is 0 Å². The maximum Gasteiger partial charge on any atom is 0.00724 e. The lowest BCUT2D eigenvalue weighted by Gasteiger charge is -2.34. The van der Waals surface area contributed by atoms with Crippen LogP contribution in [0.2, 0.25) is 0 Å². The minimum Gasteiger partial charge on any atom is -0.317 e. The van der Waals surface area contributed by atoms with Crippen LogP contribution in [0.3, 0.4) is 0 Å². The number of rotatable bonds is 5. The first-order chi connectivity index (χ1) is 8.75. The Kier molecular flexibility index (Phi) is 6.33. The van der Waals surface area contributed by atoms with Crippen LogP contribution >= 0.6 is 11.8 Å². The molecule has 0 amide bonds. The highest BCUT2D eigenvalue weighted by Crippen LogP contribution is 2.25. The molecule has 2 aliphatic rings. The van der Waals surface area contributed by atoms with Crippen LogP contribution < -0.4 is 5.32 Å². The van der Waals surface area contributed by atoms with Crippen LogP contribution in [0.4, 0.5) is 0 Å². The zero-order valence-electron chi connectivity index (χ0n) is 12.2. The number of piperidine rings is 2. The summed E-state index contributed by atoms with van der Waals surface area (Å²) >= 11 is 2.22. The Morgan fingerprint density at radius 3 is 2.39 bits per heavy atom. The molecule has 0 aromatic carbocycles. The van der Waals surface area contributed by atoms with Crippen LogP contribution in [0, 0.1) is 11.8 Å². The minimum atomic E-state index is 0.885. The number of likely N-dealkylation sites (tertiary alicyclic amines) is 1. The van der Waals surface area contributed by atoms with Gasteiger partial charge in [0.1, 0.15) is 0 Å². The molecule has 2 saturated heterocycles. The van der Waals surface area contributed by atoms with Crippen LogP contribution in [0.1, 0.15) is 39.5 Å². The Labute approximate surface area is 117 Å². The van der Waals surface area contributed by atoms with Gasteiger partial charge in [-0.3, -0.25) is 0 Å². The lowest BCUT2D eigenvalue weighted by Crippen LogP contribution is -2.37. The van der Waals surface area contributed by atoms with Gasteiger partial charge in [-0.15, -0.1) is 0 Å². The molecule has 2 nitrogen and oxygen atoms in total. The lowest BCUT2D eigenvalue weighted by atomic mass is 9.87. The van der Waals surface area contributed by atoms with Crippen molar-refractivity contribution in [3.63, 3.8) is 0 Å². The van der Waals surface area contributed by atoms with Gasteiger partial charge in [0.25, 0.3) is 0 Å². The molecule has 0 unspecified atom stereocenters.